The van der Waals surface area contributed by atoms with Crippen LogP contribution in [-0.2, 0) is 14.8 Å². The van der Waals surface area contributed by atoms with E-state index < -0.39 is 10.0 Å². The van der Waals surface area contributed by atoms with E-state index in [0.29, 0.717) is 5.69 Å². The van der Waals surface area contributed by atoms with Crippen molar-refractivity contribution in [2.45, 2.75) is 30.2 Å². The number of benzene rings is 2. The van der Waals surface area contributed by atoms with Gasteiger partial charge in [-0.25, -0.2) is 13.1 Å². The quantitative estimate of drug-likeness (QED) is 0.848. The summed E-state index contributed by atoms with van der Waals surface area (Å²) in [4.78, 5) is 13.4. The molecule has 0 saturated heterocycles. The lowest BCUT2D eigenvalue weighted by atomic mass is 10.1. The van der Waals surface area contributed by atoms with Gasteiger partial charge in [0.25, 0.3) is 0 Å². The average molecular weight is 344 g/mol. The molecule has 0 bridgehead atoms. The fraction of sp³-hybridized carbons (Fsp3) is 0.278. The molecule has 1 aliphatic carbocycles. The Morgan fingerprint density at radius 2 is 1.88 bits per heavy atom. The number of nitrogens with zero attached hydrogens (tertiary/aromatic N) is 1. The Labute approximate surface area is 142 Å². The molecule has 0 unspecified atom stereocenters. The van der Waals surface area contributed by atoms with Crippen molar-refractivity contribution in [2.24, 2.45) is 0 Å². The second kappa shape index (κ2) is 5.72. The van der Waals surface area contributed by atoms with Crippen LogP contribution in [0.5, 0.6) is 0 Å². The van der Waals surface area contributed by atoms with Crippen molar-refractivity contribution in [2.75, 3.05) is 11.9 Å². The lowest BCUT2D eigenvalue weighted by molar-refractivity contribution is -0.113. The fourth-order valence-corrected chi connectivity index (χ4v) is 4.03. The molecule has 1 fully saturated rings. The number of likely N-dealkylation sites (N-methyl/N-ethyl adjacent to an activating group) is 1. The molecule has 3 rings (SSSR count). The van der Waals surface area contributed by atoms with Crippen LogP contribution in [0, 0.1) is 0 Å². The Kier molecular flexibility index (Phi) is 3.97. The third-order valence-electron chi connectivity index (χ3n) is 4.38. The van der Waals surface area contributed by atoms with Crippen LogP contribution in [0.3, 0.4) is 0 Å². The highest BCUT2D eigenvalue weighted by Crippen LogP contribution is 2.36. The fourth-order valence-electron chi connectivity index (χ4n) is 2.53. The van der Waals surface area contributed by atoms with E-state index in [4.69, 9.17) is 0 Å². The van der Waals surface area contributed by atoms with Gasteiger partial charge in [-0.15, -0.1) is 0 Å². The summed E-state index contributed by atoms with van der Waals surface area (Å²) in [5.41, 5.74) is 0.371. The van der Waals surface area contributed by atoms with E-state index in [1.54, 1.807) is 31.3 Å². The summed E-state index contributed by atoms with van der Waals surface area (Å²) in [7, 11) is -1.89. The zero-order valence-corrected chi connectivity index (χ0v) is 14.6. The second-order valence-corrected chi connectivity index (χ2v) is 8.14. The number of carbonyl (C=O) groups is 1. The smallest absolute Gasteiger partial charge is 0.250 e. The summed E-state index contributed by atoms with van der Waals surface area (Å²) >= 11 is 0. The first-order chi connectivity index (χ1) is 11.2. The Morgan fingerprint density at radius 3 is 2.50 bits per heavy atom. The van der Waals surface area contributed by atoms with Crippen LogP contribution in [0.25, 0.3) is 10.8 Å². The molecule has 24 heavy (non-hydrogen) atoms. The SMILES string of the molecule is C=CC(=O)N(C)c1ccc2ccc(S(=O)(=O)NC3(C)CC3)cc2c1. The Hall–Kier alpha value is -2.18. The number of hydrogen-bond donors (Lipinski definition) is 1. The van der Waals surface area contributed by atoms with E-state index in [1.807, 2.05) is 19.1 Å². The van der Waals surface area contributed by atoms with E-state index >= 15 is 0 Å². The maximum atomic E-state index is 12.5. The van der Waals surface area contributed by atoms with Crippen LogP contribution in [0.2, 0.25) is 0 Å². The number of rotatable bonds is 5. The van der Waals surface area contributed by atoms with Crippen LogP contribution in [0.1, 0.15) is 19.8 Å². The minimum Gasteiger partial charge on any atom is -0.312 e. The summed E-state index contributed by atoms with van der Waals surface area (Å²) < 4.78 is 27.8. The third kappa shape index (κ3) is 3.20. The number of sulfonamides is 1. The lowest BCUT2D eigenvalue weighted by Gasteiger charge is -2.16. The van der Waals surface area contributed by atoms with Gasteiger partial charge in [0.2, 0.25) is 15.9 Å². The van der Waals surface area contributed by atoms with Crippen molar-refractivity contribution in [3.63, 3.8) is 0 Å². The van der Waals surface area contributed by atoms with E-state index in [9.17, 15) is 13.2 Å². The standard InChI is InChI=1S/C18H20N2O3S/c1-4-17(21)20(3)15-7-5-13-6-8-16(12-14(13)11-15)24(22,23)19-18(2)9-10-18/h4-8,11-12,19H,1,9-10H2,2-3H3. The first-order valence-corrected chi connectivity index (χ1v) is 9.20. The molecule has 126 valence electrons. The molecular weight excluding hydrogens is 324 g/mol. The largest absolute Gasteiger partial charge is 0.312 e. The topological polar surface area (TPSA) is 66.5 Å². The van der Waals surface area contributed by atoms with E-state index in [0.717, 1.165) is 23.6 Å². The van der Waals surface area contributed by atoms with Gasteiger partial charge in [0.05, 0.1) is 4.90 Å². The predicted octanol–water partition coefficient (Wildman–Crippen LogP) is 2.82. The summed E-state index contributed by atoms with van der Waals surface area (Å²) in [5.74, 6) is -0.221. The molecule has 0 radical (unpaired) electrons. The van der Waals surface area contributed by atoms with E-state index in [1.165, 1.54) is 11.0 Å². The zero-order chi connectivity index (χ0) is 17.5. The van der Waals surface area contributed by atoms with E-state index in [-0.39, 0.29) is 16.3 Å². The monoisotopic (exact) mass is 344 g/mol. The highest BCUT2D eigenvalue weighted by atomic mass is 32.2. The number of fused-ring (bicyclic) bond motifs is 1. The van der Waals surface area contributed by atoms with Crippen molar-refractivity contribution in [3.05, 3.63) is 49.1 Å². The first-order valence-electron chi connectivity index (χ1n) is 7.72. The van der Waals surface area contributed by atoms with Crippen molar-refractivity contribution < 1.29 is 13.2 Å². The average Bonchev–Trinajstić information content (AvgIpc) is 3.28. The highest BCUT2D eigenvalue weighted by molar-refractivity contribution is 7.89. The van der Waals surface area contributed by atoms with Gasteiger partial charge in [0.1, 0.15) is 0 Å². The van der Waals surface area contributed by atoms with Gasteiger partial charge >= 0.3 is 0 Å². The number of amides is 1. The van der Waals surface area contributed by atoms with Gasteiger partial charge in [-0.1, -0.05) is 18.7 Å². The molecule has 0 aliphatic heterocycles. The second-order valence-electron chi connectivity index (χ2n) is 6.46. The number of carbonyl (C=O) groups excluding carboxylic acids is 1. The van der Waals surface area contributed by atoms with Crippen LogP contribution in [0.4, 0.5) is 5.69 Å². The molecule has 1 N–H and O–H groups in total. The van der Waals surface area contributed by atoms with Gasteiger partial charge in [0.15, 0.2) is 0 Å². The minimum atomic E-state index is -3.55. The molecule has 1 aliphatic rings. The van der Waals surface area contributed by atoms with Crippen LogP contribution >= 0.6 is 0 Å². The van der Waals surface area contributed by atoms with E-state index in [2.05, 4.69) is 11.3 Å². The maximum absolute atomic E-state index is 12.5. The minimum absolute atomic E-state index is 0.221. The Balaban J connectivity index is 2.00. The number of nitrogens with one attached hydrogen (secondary N) is 1. The molecule has 0 atom stereocenters. The number of hydrogen-bond acceptors (Lipinski definition) is 3. The van der Waals surface area contributed by atoms with Crippen molar-refractivity contribution in [1.82, 2.24) is 4.72 Å². The molecule has 1 amide bonds. The normalized spacial score (nSPS) is 15.9. The van der Waals surface area contributed by atoms with Crippen molar-refractivity contribution in [1.29, 1.82) is 0 Å². The lowest BCUT2D eigenvalue weighted by Crippen LogP contribution is -2.34. The highest BCUT2D eigenvalue weighted by Gasteiger charge is 2.41. The van der Waals surface area contributed by atoms with Crippen molar-refractivity contribution >= 4 is 32.4 Å². The van der Waals surface area contributed by atoms with Gasteiger partial charge in [-0.3, -0.25) is 4.79 Å². The molecule has 6 heteroatoms. The molecule has 2 aromatic rings. The first kappa shape index (κ1) is 16.7. The third-order valence-corrected chi connectivity index (χ3v) is 6.01. The zero-order valence-electron chi connectivity index (χ0n) is 13.7. The van der Waals surface area contributed by atoms with Gasteiger partial charge in [-0.05, 0) is 60.9 Å². The summed E-state index contributed by atoms with van der Waals surface area (Å²) in [6, 6.07) is 10.5. The Morgan fingerprint density at radius 1 is 1.21 bits per heavy atom. The molecular formula is C18H20N2O3S. The van der Waals surface area contributed by atoms with Crippen LogP contribution in [-0.4, -0.2) is 26.9 Å². The van der Waals surface area contributed by atoms with Gasteiger partial charge in [-0.2, -0.15) is 0 Å². The van der Waals surface area contributed by atoms with Gasteiger partial charge < -0.3 is 4.90 Å². The molecule has 0 heterocycles. The van der Waals surface area contributed by atoms with Crippen LogP contribution in [0.15, 0.2) is 53.9 Å². The predicted molar refractivity (Wildman–Crippen MR) is 95.5 cm³/mol. The molecule has 1 saturated carbocycles. The summed E-state index contributed by atoms with van der Waals surface area (Å²) in [5, 5.41) is 1.68. The Bertz CT molecular complexity index is 930. The maximum Gasteiger partial charge on any atom is 0.250 e. The number of anilines is 1. The van der Waals surface area contributed by atoms with Gasteiger partial charge in [0, 0.05) is 18.3 Å². The molecule has 2 aromatic carbocycles. The van der Waals surface area contributed by atoms with Crippen LogP contribution < -0.4 is 9.62 Å². The molecule has 0 spiro atoms. The molecule has 0 aromatic heterocycles. The molecule has 5 nitrogen and oxygen atoms in total. The summed E-state index contributed by atoms with van der Waals surface area (Å²) in [6.45, 7) is 5.38. The summed E-state index contributed by atoms with van der Waals surface area (Å²) in [6.07, 6.45) is 2.96. The van der Waals surface area contributed by atoms with Crippen molar-refractivity contribution in [3.8, 4) is 0 Å².